The van der Waals surface area contributed by atoms with Gasteiger partial charge in [-0.2, -0.15) is 0 Å². The second-order valence-electron chi connectivity index (χ2n) is 4.18. The van der Waals surface area contributed by atoms with Gasteiger partial charge in [0.1, 0.15) is 6.10 Å². The SMILES string of the molecule is CCOC(=O)CCCC(CC(C)C)OC=O. The summed E-state index contributed by atoms with van der Waals surface area (Å²) >= 11 is 0. The molecule has 0 aliphatic carbocycles. The summed E-state index contributed by atoms with van der Waals surface area (Å²) in [4.78, 5) is 21.4. The zero-order valence-electron chi connectivity index (χ0n) is 10.4. The van der Waals surface area contributed by atoms with Crippen LogP contribution in [0.1, 0.15) is 46.5 Å². The summed E-state index contributed by atoms with van der Waals surface area (Å²) < 4.78 is 9.78. The van der Waals surface area contributed by atoms with Crippen molar-refractivity contribution in [2.24, 2.45) is 5.92 Å². The van der Waals surface area contributed by atoms with Crippen LogP contribution < -0.4 is 0 Å². The molecular formula is C12H22O4. The number of carbonyl (C=O) groups is 2. The lowest BCUT2D eigenvalue weighted by molar-refractivity contribution is -0.143. The summed E-state index contributed by atoms with van der Waals surface area (Å²) in [5.41, 5.74) is 0. The first-order valence-corrected chi connectivity index (χ1v) is 5.84. The molecule has 0 bridgehead atoms. The number of hydrogen-bond acceptors (Lipinski definition) is 4. The molecule has 16 heavy (non-hydrogen) atoms. The van der Waals surface area contributed by atoms with E-state index in [4.69, 9.17) is 9.47 Å². The second-order valence-corrected chi connectivity index (χ2v) is 4.18. The van der Waals surface area contributed by atoms with Crippen molar-refractivity contribution >= 4 is 12.4 Å². The fourth-order valence-corrected chi connectivity index (χ4v) is 1.55. The Labute approximate surface area is 97.3 Å². The van der Waals surface area contributed by atoms with Crippen molar-refractivity contribution < 1.29 is 19.1 Å². The molecule has 1 unspecified atom stereocenters. The molecule has 4 nitrogen and oxygen atoms in total. The molecule has 0 aliphatic rings. The minimum atomic E-state index is -0.183. The fraction of sp³-hybridized carbons (Fsp3) is 0.833. The number of hydrogen-bond donors (Lipinski definition) is 0. The van der Waals surface area contributed by atoms with E-state index >= 15 is 0 Å². The van der Waals surface area contributed by atoms with Crippen LogP contribution >= 0.6 is 0 Å². The lowest BCUT2D eigenvalue weighted by atomic mass is 10.0. The first-order chi connectivity index (χ1) is 7.60. The normalized spacial score (nSPS) is 12.2. The van der Waals surface area contributed by atoms with Crippen LogP contribution in [0.2, 0.25) is 0 Å². The fourth-order valence-electron chi connectivity index (χ4n) is 1.55. The molecule has 0 aromatic heterocycles. The third-order valence-electron chi connectivity index (χ3n) is 2.19. The highest BCUT2D eigenvalue weighted by Gasteiger charge is 2.12. The molecule has 94 valence electrons. The van der Waals surface area contributed by atoms with Gasteiger partial charge in [-0.3, -0.25) is 9.59 Å². The van der Waals surface area contributed by atoms with Crippen LogP contribution in [0.25, 0.3) is 0 Å². The van der Waals surface area contributed by atoms with Crippen molar-refractivity contribution in [3.63, 3.8) is 0 Å². The standard InChI is InChI=1S/C12H22O4/c1-4-15-12(14)7-5-6-11(16-9-13)8-10(2)3/h9-11H,4-8H2,1-3H3. The highest BCUT2D eigenvalue weighted by molar-refractivity contribution is 5.69. The van der Waals surface area contributed by atoms with Gasteiger partial charge in [0.05, 0.1) is 6.61 Å². The van der Waals surface area contributed by atoms with Crippen molar-refractivity contribution in [1.29, 1.82) is 0 Å². The average molecular weight is 230 g/mol. The smallest absolute Gasteiger partial charge is 0.305 e. The molecule has 0 spiro atoms. The van der Waals surface area contributed by atoms with Gasteiger partial charge in [0.2, 0.25) is 0 Å². The Bertz CT molecular complexity index is 201. The summed E-state index contributed by atoms with van der Waals surface area (Å²) in [5, 5.41) is 0. The zero-order valence-corrected chi connectivity index (χ0v) is 10.4. The molecule has 0 saturated heterocycles. The molecular weight excluding hydrogens is 208 g/mol. The Morgan fingerprint density at radius 2 is 2.06 bits per heavy atom. The lowest BCUT2D eigenvalue weighted by Crippen LogP contribution is -2.15. The summed E-state index contributed by atoms with van der Waals surface area (Å²) in [5.74, 6) is 0.296. The number of ether oxygens (including phenoxy) is 2. The van der Waals surface area contributed by atoms with Gasteiger partial charge in [-0.15, -0.1) is 0 Å². The molecule has 0 aromatic rings. The minimum Gasteiger partial charge on any atom is -0.466 e. The maximum Gasteiger partial charge on any atom is 0.305 e. The Hall–Kier alpha value is -1.06. The first-order valence-electron chi connectivity index (χ1n) is 5.84. The van der Waals surface area contributed by atoms with Gasteiger partial charge in [0.15, 0.2) is 0 Å². The Kier molecular flexibility index (Phi) is 8.58. The predicted molar refractivity (Wildman–Crippen MR) is 60.9 cm³/mol. The maximum absolute atomic E-state index is 11.1. The van der Waals surface area contributed by atoms with Gasteiger partial charge in [-0.1, -0.05) is 13.8 Å². The van der Waals surface area contributed by atoms with Gasteiger partial charge >= 0.3 is 5.97 Å². The Morgan fingerprint density at radius 1 is 1.38 bits per heavy atom. The summed E-state index contributed by atoms with van der Waals surface area (Å²) in [6, 6.07) is 0. The first kappa shape index (κ1) is 14.9. The topological polar surface area (TPSA) is 52.6 Å². The highest BCUT2D eigenvalue weighted by atomic mass is 16.5. The van der Waals surface area contributed by atoms with E-state index in [0.717, 1.165) is 12.8 Å². The van der Waals surface area contributed by atoms with Gasteiger partial charge < -0.3 is 9.47 Å². The third-order valence-corrected chi connectivity index (χ3v) is 2.19. The molecule has 0 fully saturated rings. The molecule has 4 heteroatoms. The van der Waals surface area contributed by atoms with Gasteiger partial charge in [-0.05, 0) is 32.1 Å². The molecule has 0 amide bonds. The second kappa shape index (κ2) is 9.19. The summed E-state index contributed by atoms with van der Waals surface area (Å²) in [6.45, 7) is 6.84. The molecule has 0 N–H and O–H groups in total. The van der Waals surface area contributed by atoms with Crippen LogP contribution in [0.4, 0.5) is 0 Å². The van der Waals surface area contributed by atoms with Crippen molar-refractivity contribution in [2.75, 3.05) is 6.61 Å². The molecule has 1 atom stereocenters. The molecule has 0 saturated carbocycles. The lowest BCUT2D eigenvalue weighted by Gasteiger charge is -2.16. The number of rotatable bonds is 9. The third kappa shape index (κ3) is 8.26. The number of carbonyl (C=O) groups excluding carboxylic acids is 2. The van der Waals surface area contributed by atoms with Crippen molar-refractivity contribution in [1.82, 2.24) is 0 Å². The minimum absolute atomic E-state index is 0.0769. The molecule has 0 radical (unpaired) electrons. The van der Waals surface area contributed by atoms with E-state index in [9.17, 15) is 9.59 Å². The van der Waals surface area contributed by atoms with Crippen molar-refractivity contribution in [3.8, 4) is 0 Å². The van der Waals surface area contributed by atoms with Crippen LogP contribution in [0.15, 0.2) is 0 Å². The van der Waals surface area contributed by atoms with Crippen LogP contribution in [0.5, 0.6) is 0 Å². The zero-order chi connectivity index (χ0) is 12.4. The van der Waals surface area contributed by atoms with Gasteiger partial charge in [0, 0.05) is 6.42 Å². The Balaban J connectivity index is 3.74. The van der Waals surface area contributed by atoms with Crippen molar-refractivity contribution in [3.05, 3.63) is 0 Å². The van der Waals surface area contributed by atoms with Crippen LogP contribution in [0, 0.1) is 5.92 Å². The molecule has 0 heterocycles. The number of esters is 1. The van der Waals surface area contributed by atoms with E-state index < -0.39 is 0 Å². The van der Waals surface area contributed by atoms with Crippen LogP contribution in [-0.2, 0) is 19.1 Å². The highest BCUT2D eigenvalue weighted by Crippen LogP contribution is 2.14. The molecule has 0 rings (SSSR count). The van der Waals surface area contributed by atoms with E-state index in [2.05, 4.69) is 13.8 Å². The summed E-state index contributed by atoms with van der Waals surface area (Å²) in [6.07, 6.45) is 2.57. The largest absolute Gasteiger partial charge is 0.466 e. The summed E-state index contributed by atoms with van der Waals surface area (Å²) in [7, 11) is 0. The van der Waals surface area contributed by atoms with Crippen LogP contribution in [0.3, 0.4) is 0 Å². The van der Waals surface area contributed by atoms with Crippen molar-refractivity contribution in [2.45, 2.75) is 52.6 Å². The Morgan fingerprint density at radius 3 is 2.56 bits per heavy atom. The van der Waals surface area contributed by atoms with E-state index in [0.29, 0.717) is 31.8 Å². The van der Waals surface area contributed by atoms with E-state index in [1.54, 1.807) is 6.92 Å². The van der Waals surface area contributed by atoms with Crippen LogP contribution in [-0.4, -0.2) is 25.2 Å². The monoisotopic (exact) mass is 230 g/mol. The maximum atomic E-state index is 11.1. The molecule has 0 aromatic carbocycles. The van der Waals surface area contributed by atoms with E-state index in [-0.39, 0.29) is 12.1 Å². The van der Waals surface area contributed by atoms with E-state index in [1.165, 1.54) is 0 Å². The average Bonchev–Trinajstić information content (AvgIpc) is 2.17. The molecule has 0 aliphatic heterocycles. The van der Waals surface area contributed by atoms with Gasteiger partial charge in [0.25, 0.3) is 6.47 Å². The van der Waals surface area contributed by atoms with Gasteiger partial charge in [-0.25, -0.2) is 0 Å². The quantitative estimate of drug-likeness (QED) is 0.450. The van der Waals surface area contributed by atoms with E-state index in [1.807, 2.05) is 0 Å². The predicted octanol–water partition coefficient (Wildman–Crippen LogP) is 2.31.